The van der Waals surface area contributed by atoms with Crippen molar-refractivity contribution in [1.82, 2.24) is 18.6 Å². The van der Waals surface area contributed by atoms with Gasteiger partial charge in [0.2, 0.25) is 0 Å². The van der Waals surface area contributed by atoms with Crippen LogP contribution in [0.1, 0.15) is 12.8 Å². The molecule has 0 aromatic carbocycles. The normalized spacial score (nSPS) is 21.5. The number of hydrogen-bond acceptors (Lipinski definition) is 5. The molecule has 0 aliphatic carbocycles. The summed E-state index contributed by atoms with van der Waals surface area (Å²) in [5, 5.41) is 0. The van der Waals surface area contributed by atoms with Crippen molar-refractivity contribution in [1.29, 1.82) is 0 Å². The number of aromatic nitrogens is 2. The van der Waals surface area contributed by atoms with E-state index in [1.54, 1.807) is 18.5 Å². The third-order valence-corrected chi connectivity index (χ3v) is 4.85. The van der Waals surface area contributed by atoms with Crippen molar-refractivity contribution in [2.45, 2.75) is 18.9 Å². The first-order valence-corrected chi connectivity index (χ1v) is 7.51. The summed E-state index contributed by atoms with van der Waals surface area (Å²) >= 11 is 0. The van der Waals surface area contributed by atoms with Gasteiger partial charge < -0.3 is 4.74 Å². The molecule has 0 spiro atoms. The largest absolute Gasteiger partial charge is 0.459 e. The molecule has 8 heteroatoms. The Hall–Kier alpha value is -1.25. The molecule has 19 heavy (non-hydrogen) atoms. The predicted molar refractivity (Wildman–Crippen MR) is 69.9 cm³/mol. The van der Waals surface area contributed by atoms with Crippen molar-refractivity contribution in [2.24, 2.45) is 0 Å². The summed E-state index contributed by atoms with van der Waals surface area (Å²) in [6.45, 7) is 0.856. The molecule has 0 N–H and O–H groups in total. The lowest BCUT2D eigenvalue weighted by atomic mass is 10.1. The Kier molecular flexibility index (Phi) is 4.33. The summed E-state index contributed by atoms with van der Waals surface area (Å²) in [6.07, 6.45) is 4.56. The highest BCUT2D eigenvalue weighted by Gasteiger charge is 2.31. The highest BCUT2D eigenvalue weighted by molar-refractivity contribution is 7.86. The second-order valence-corrected chi connectivity index (χ2v) is 6.70. The Morgan fingerprint density at radius 3 is 2.68 bits per heavy atom. The van der Waals surface area contributed by atoms with Crippen LogP contribution in [-0.4, -0.2) is 60.3 Å². The van der Waals surface area contributed by atoms with E-state index >= 15 is 0 Å². The molecule has 1 aromatic rings. The molecule has 106 valence electrons. The second-order valence-electron chi connectivity index (χ2n) is 4.56. The fourth-order valence-electron chi connectivity index (χ4n) is 1.94. The van der Waals surface area contributed by atoms with Crippen LogP contribution in [0, 0.1) is 0 Å². The zero-order valence-corrected chi connectivity index (χ0v) is 11.9. The number of rotatable bonds is 4. The van der Waals surface area contributed by atoms with Gasteiger partial charge in [0, 0.05) is 33.0 Å². The van der Waals surface area contributed by atoms with E-state index in [0.29, 0.717) is 13.1 Å². The molecular formula is C11H18N4O3S. The van der Waals surface area contributed by atoms with Crippen LogP contribution in [-0.2, 0) is 10.2 Å². The number of piperidine rings is 1. The average Bonchev–Trinajstić information content (AvgIpc) is 2.40. The van der Waals surface area contributed by atoms with Gasteiger partial charge >= 0.3 is 6.01 Å². The molecule has 0 radical (unpaired) electrons. The van der Waals surface area contributed by atoms with Crippen LogP contribution in [0.15, 0.2) is 18.5 Å². The lowest BCUT2D eigenvalue weighted by Gasteiger charge is -2.32. The number of hydrogen-bond donors (Lipinski definition) is 0. The number of ether oxygens (including phenoxy) is 1. The maximum atomic E-state index is 12.0. The molecule has 7 nitrogen and oxygen atoms in total. The fourth-order valence-corrected chi connectivity index (χ4v) is 3.11. The molecule has 1 aromatic heterocycles. The summed E-state index contributed by atoms with van der Waals surface area (Å²) in [5.74, 6) is 0. The molecule has 1 aliphatic rings. The Morgan fingerprint density at radius 1 is 1.37 bits per heavy atom. The van der Waals surface area contributed by atoms with Gasteiger partial charge in [0.15, 0.2) is 0 Å². The third kappa shape index (κ3) is 3.40. The van der Waals surface area contributed by atoms with E-state index in [1.165, 1.54) is 22.7 Å². The van der Waals surface area contributed by atoms with Gasteiger partial charge in [-0.25, -0.2) is 9.97 Å². The first-order valence-electron chi connectivity index (χ1n) is 6.11. The van der Waals surface area contributed by atoms with Crippen LogP contribution >= 0.6 is 0 Å². The molecule has 1 atom stereocenters. The summed E-state index contributed by atoms with van der Waals surface area (Å²) in [7, 11) is -0.324. The van der Waals surface area contributed by atoms with Gasteiger partial charge in [-0.05, 0) is 18.9 Å². The van der Waals surface area contributed by atoms with Gasteiger partial charge in [-0.3, -0.25) is 0 Å². The molecule has 2 rings (SSSR count). The maximum Gasteiger partial charge on any atom is 0.316 e. The van der Waals surface area contributed by atoms with Gasteiger partial charge in [0.1, 0.15) is 6.10 Å². The molecule has 1 saturated heterocycles. The lowest BCUT2D eigenvalue weighted by Crippen LogP contribution is -2.48. The Morgan fingerprint density at radius 2 is 2.05 bits per heavy atom. The van der Waals surface area contributed by atoms with Crippen LogP contribution in [0.2, 0.25) is 0 Å². The number of nitrogens with zero attached hydrogens (tertiary/aromatic N) is 4. The fraction of sp³-hybridized carbons (Fsp3) is 0.636. The molecule has 1 aliphatic heterocycles. The predicted octanol–water partition coefficient (Wildman–Crippen LogP) is 0.126. The van der Waals surface area contributed by atoms with Gasteiger partial charge in [-0.2, -0.15) is 17.0 Å². The van der Waals surface area contributed by atoms with Gasteiger partial charge in [0.25, 0.3) is 10.2 Å². The van der Waals surface area contributed by atoms with E-state index in [-0.39, 0.29) is 12.1 Å². The van der Waals surface area contributed by atoms with Crippen LogP contribution in [0.3, 0.4) is 0 Å². The van der Waals surface area contributed by atoms with E-state index in [4.69, 9.17) is 4.74 Å². The third-order valence-electron chi connectivity index (χ3n) is 2.94. The standard InChI is InChI=1S/C11H18N4O3S/c1-14(2)19(16,17)15-8-3-5-10(9-15)18-11-12-6-4-7-13-11/h4,6-7,10H,3,5,8-9H2,1-2H3. The van der Waals surface area contributed by atoms with E-state index < -0.39 is 10.2 Å². The molecule has 0 saturated carbocycles. The van der Waals surface area contributed by atoms with Crippen molar-refractivity contribution in [3.63, 3.8) is 0 Å². The monoisotopic (exact) mass is 286 g/mol. The summed E-state index contributed by atoms with van der Waals surface area (Å²) in [6, 6.07) is 1.99. The van der Waals surface area contributed by atoms with Gasteiger partial charge in [-0.1, -0.05) is 0 Å². The van der Waals surface area contributed by atoms with Crippen molar-refractivity contribution >= 4 is 10.2 Å². The minimum Gasteiger partial charge on any atom is -0.459 e. The Bertz CT molecular complexity index is 506. The highest BCUT2D eigenvalue weighted by atomic mass is 32.2. The molecule has 0 bridgehead atoms. The quantitative estimate of drug-likeness (QED) is 0.786. The van der Waals surface area contributed by atoms with Crippen LogP contribution in [0.5, 0.6) is 6.01 Å². The summed E-state index contributed by atoms with van der Waals surface area (Å²) in [4.78, 5) is 7.97. The van der Waals surface area contributed by atoms with Crippen LogP contribution in [0.4, 0.5) is 0 Å². The lowest BCUT2D eigenvalue weighted by molar-refractivity contribution is 0.117. The van der Waals surface area contributed by atoms with Crippen molar-refractivity contribution in [3.8, 4) is 6.01 Å². The molecule has 2 heterocycles. The first kappa shape index (κ1) is 14.2. The Balaban J connectivity index is 2.02. The average molecular weight is 286 g/mol. The van der Waals surface area contributed by atoms with Gasteiger partial charge in [0.05, 0.1) is 6.54 Å². The zero-order valence-electron chi connectivity index (χ0n) is 11.1. The molecule has 1 fully saturated rings. The zero-order chi connectivity index (χ0) is 13.9. The van der Waals surface area contributed by atoms with Gasteiger partial charge in [-0.15, -0.1) is 0 Å². The smallest absolute Gasteiger partial charge is 0.316 e. The molecule has 1 unspecified atom stereocenters. The summed E-state index contributed by atoms with van der Waals surface area (Å²) in [5.41, 5.74) is 0. The van der Waals surface area contributed by atoms with E-state index in [1.807, 2.05) is 0 Å². The molecular weight excluding hydrogens is 268 g/mol. The summed E-state index contributed by atoms with van der Waals surface area (Å²) < 4.78 is 32.4. The van der Waals surface area contributed by atoms with Crippen molar-refractivity contribution in [3.05, 3.63) is 18.5 Å². The van der Waals surface area contributed by atoms with Crippen molar-refractivity contribution in [2.75, 3.05) is 27.2 Å². The SMILES string of the molecule is CN(C)S(=O)(=O)N1CCCC(Oc2ncccn2)C1. The Labute approximate surface area is 113 Å². The minimum absolute atomic E-state index is 0.203. The maximum absolute atomic E-state index is 12.0. The second kappa shape index (κ2) is 5.81. The minimum atomic E-state index is -3.38. The highest BCUT2D eigenvalue weighted by Crippen LogP contribution is 2.18. The van der Waals surface area contributed by atoms with E-state index in [9.17, 15) is 8.42 Å². The van der Waals surface area contributed by atoms with Crippen molar-refractivity contribution < 1.29 is 13.2 Å². The van der Waals surface area contributed by atoms with Crippen LogP contribution in [0.25, 0.3) is 0 Å². The topological polar surface area (TPSA) is 75.6 Å². The first-order chi connectivity index (χ1) is 9.00. The van der Waals surface area contributed by atoms with E-state index in [0.717, 1.165) is 12.8 Å². The van der Waals surface area contributed by atoms with E-state index in [2.05, 4.69) is 9.97 Å². The molecule has 0 amide bonds. The van der Waals surface area contributed by atoms with Crippen LogP contribution < -0.4 is 4.74 Å².